The van der Waals surface area contributed by atoms with Crippen molar-refractivity contribution in [2.45, 2.75) is 51.3 Å². The average molecular weight is 619 g/mol. The van der Waals surface area contributed by atoms with Gasteiger partial charge in [0.15, 0.2) is 0 Å². The first-order chi connectivity index (χ1) is 21.7. The van der Waals surface area contributed by atoms with Gasteiger partial charge in [0.1, 0.15) is 0 Å². The minimum Gasteiger partial charge on any atom is -0.341 e. The zero-order valence-corrected chi connectivity index (χ0v) is 27.3. The van der Waals surface area contributed by atoms with Crippen molar-refractivity contribution in [1.29, 1.82) is 0 Å². The van der Waals surface area contributed by atoms with E-state index in [4.69, 9.17) is 0 Å². The lowest BCUT2D eigenvalue weighted by molar-refractivity contribution is 0.482. The number of nitrogens with zero attached hydrogens (tertiary/aromatic N) is 2. The Morgan fingerprint density at radius 1 is 0.556 bits per heavy atom. The molecule has 0 aliphatic heterocycles. The Hall–Kier alpha value is -4.39. The van der Waals surface area contributed by atoms with Gasteiger partial charge in [-0.25, -0.2) is 0 Å². The van der Waals surface area contributed by atoms with E-state index in [1.54, 1.807) is 6.07 Å². The van der Waals surface area contributed by atoms with Gasteiger partial charge in [-0.2, -0.15) is 8.42 Å². The zero-order chi connectivity index (χ0) is 32.0. The smallest absolute Gasteiger partial charge is 0.294 e. The van der Waals surface area contributed by atoms with E-state index in [0.29, 0.717) is 5.56 Å². The van der Waals surface area contributed by atoms with Gasteiger partial charge < -0.3 is 9.80 Å². The van der Waals surface area contributed by atoms with Crippen LogP contribution in [0.15, 0.2) is 126 Å². The molecule has 0 atom stereocenters. The first kappa shape index (κ1) is 32.0. The molecule has 0 bridgehead atoms. The van der Waals surface area contributed by atoms with Crippen molar-refractivity contribution in [2.75, 3.05) is 22.9 Å². The SMILES string of the molecule is CCCN(c1ccccc1)c1ccc(C(c2ccc(N(CCC)c3ccccc3)cc2C)c2ccccc2S(=O)(=O)O)c(C)c1. The molecule has 45 heavy (non-hydrogen) atoms. The highest BCUT2D eigenvalue weighted by Gasteiger charge is 2.28. The Bertz CT molecular complexity index is 1740. The molecule has 232 valence electrons. The highest BCUT2D eigenvalue weighted by atomic mass is 32.2. The second-order valence-electron chi connectivity index (χ2n) is 11.5. The Balaban J connectivity index is 1.66. The van der Waals surface area contributed by atoms with Gasteiger partial charge in [-0.3, -0.25) is 4.55 Å². The predicted octanol–water partition coefficient (Wildman–Crippen LogP) is 9.83. The van der Waals surface area contributed by atoms with Gasteiger partial charge in [0.2, 0.25) is 0 Å². The van der Waals surface area contributed by atoms with Crippen molar-refractivity contribution in [3.05, 3.63) is 149 Å². The molecular formula is C39H42N2O3S. The molecule has 5 rings (SSSR count). The van der Waals surface area contributed by atoms with Gasteiger partial charge in [0.05, 0.1) is 4.90 Å². The summed E-state index contributed by atoms with van der Waals surface area (Å²) in [5, 5.41) is 0. The highest BCUT2D eigenvalue weighted by Crippen LogP contribution is 2.41. The van der Waals surface area contributed by atoms with Gasteiger partial charge in [-0.05, 0) is 109 Å². The Morgan fingerprint density at radius 2 is 0.978 bits per heavy atom. The van der Waals surface area contributed by atoms with Crippen LogP contribution in [0.25, 0.3) is 0 Å². The quantitative estimate of drug-likeness (QED) is 0.111. The van der Waals surface area contributed by atoms with Crippen LogP contribution in [0.5, 0.6) is 0 Å². The van der Waals surface area contributed by atoms with Crippen molar-refractivity contribution >= 4 is 32.9 Å². The fraction of sp³-hybridized carbons (Fsp3) is 0.231. The number of rotatable bonds is 12. The Kier molecular flexibility index (Phi) is 10.1. The standard InChI is InChI=1S/C39H42N2O3S/c1-5-25-40(31-15-9-7-10-16-31)33-21-23-35(29(3)27-33)39(37-19-13-14-20-38(37)45(42,43)44)36-24-22-34(28-30(36)4)41(26-6-2)32-17-11-8-12-18-32/h7-24,27-28,39H,5-6,25-26H2,1-4H3,(H,42,43,44). The lowest BCUT2D eigenvalue weighted by Gasteiger charge is -2.29. The molecule has 0 saturated heterocycles. The third-order valence-electron chi connectivity index (χ3n) is 8.29. The number of para-hydroxylation sites is 2. The normalized spacial score (nSPS) is 11.5. The summed E-state index contributed by atoms with van der Waals surface area (Å²) in [7, 11) is -4.47. The zero-order valence-electron chi connectivity index (χ0n) is 26.5. The predicted molar refractivity (Wildman–Crippen MR) is 187 cm³/mol. The van der Waals surface area contributed by atoms with Gasteiger partial charge in [-0.15, -0.1) is 0 Å². The van der Waals surface area contributed by atoms with Crippen molar-refractivity contribution in [3.63, 3.8) is 0 Å². The third-order valence-corrected chi connectivity index (χ3v) is 9.22. The molecule has 0 aliphatic carbocycles. The summed E-state index contributed by atoms with van der Waals surface area (Å²) >= 11 is 0. The van der Waals surface area contributed by atoms with E-state index < -0.39 is 16.0 Å². The average Bonchev–Trinajstić information content (AvgIpc) is 3.04. The van der Waals surface area contributed by atoms with Crippen LogP contribution in [0.1, 0.15) is 60.4 Å². The molecule has 0 radical (unpaired) electrons. The molecule has 1 N–H and O–H groups in total. The fourth-order valence-electron chi connectivity index (χ4n) is 6.24. The van der Waals surface area contributed by atoms with E-state index in [-0.39, 0.29) is 4.90 Å². The molecule has 0 fully saturated rings. The summed E-state index contributed by atoms with van der Waals surface area (Å²) in [4.78, 5) is 4.55. The van der Waals surface area contributed by atoms with Crippen LogP contribution < -0.4 is 9.80 Å². The lowest BCUT2D eigenvalue weighted by atomic mass is 9.81. The maximum absolute atomic E-state index is 12.7. The van der Waals surface area contributed by atoms with Gasteiger partial charge in [0.25, 0.3) is 10.1 Å². The molecule has 5 nitrogen and oxygen atoms in total. The Labute approximate surface area is 268 Å². The van der Waals surface area contributed by atoms with Crippen LogP contribution in [0.3, 0.4) is 0 Å². The lowest BCUT2D eigenvalue weighted by Crippen LogP contribution is -2.19. The van der Waals surface area contributed by atoms with Crippen LogP contribution in [-0.2, 0) is 10.1 Å². The summed E-state index contributed by atoms with van der Waals surface area (Å²) < 4.78 is 35.7. The molecule has 0 aliphatic rings. The molecule has 5 aromatic rings. The van der Waals surface area contributed by atoms with Crippen molar-refractivity contribution < 1.29 is 13.0 Å². The summed E-state index contributed by atoms with van der Waals surface area (Å²) in [6.07, 6.45) is 1.98. The largest absolute Gasteiger partial charge is 0.341 e. The molecule has 0 aromatic heterocycles. The molecule has 0 amide bonds. The third kappa shape index (κ3) is 7.14. The Morgan fingerprint density at radius 3 is 1.38 bits per heavy atom. The molecule has 6 heteroatoms. The van der Waals surface area contributed by atoms with E-state index in [1.807, 2.05) is 48.5 Å². The topological polar surface area (TPSA) is 60.9 Å². The van der Waals surface area contributed by atoms with Crippen molar-refractivity contribution in [2.24, 2.45) is 0 Å². The minimum atomic E-state index is -4.47. The highest BCUT2D eigenvalue weighted by molar-refractivity contribution is 7.85. The van der Waals surface area contributed by atoms with Gasteiger partial charge in [0, 0.05) is 41.8 Å². The van der Waals surface area contributed by atoms with Crippen LogP contribution in [0.4, 0.5) is 22.7 Å². The van der Waals surface area contributed by atoms with Crippen LogP contribution in [0.2, 0.25) is 0 Å². The number of hydrogen-bond acceptors (Lipinski definition) is 4. The van der Waals surface area contributed by atoms with Crippen LogP contribution in [0, 0.1) is 13.8 Å². The number of anilines is 4. The summed E-state index contributed by atoms with van der Waals surface area (Å²) in [6, 6.07) is 40.3. The molecule has 5 aromatic carbocycles. The van der Waals surface area contributed by atoms with E-state index in [9.17, 15) is 13.0 Å². The first-order valence-electron chi connectivity index (χ1n) is 15.7. The second kappa shape index (κ2) is 14.1. The van der Waals surface area contributed by atoms with Crippen molar-refractivity contribution in [1.82, 2.24) is 0 Å². The number of hydrogen-bond donors (Lipinski definition) is 1. The molecule has 0 saturated carbocycles. The number of benzene rings is 5. The monoisotopic (exact) mass is 618 g/mol. The van der Waals surface area contributed by atoms with Crippen molar-refractivity contribution in [3.8, 4) is 0 Å². The summed E-state index contributed by atoms with van der Waals surface area (Å²) in [5.41, 5.74) is 9.02. The van der Waals surface area contributed by atoms with Gasteiger partial charge >= 0.3 is 0 Å². The van der Waals surface area contributed by atoms with Gasteiger partial charge in [-0.1, -0.05) is 80.6 Å². The fourth-order valence-corrected chi connectivity index (χ4v) is 6.97. The molecule has 0 heterocycles. The van der Waals surface area contributed by atoms with E-state index in [0.717, 1.165) is 70.9 Å². The van der Waals surface area contributed by atoms with E-state index >= 15 is 0 Å². The number of aryl methyl sites for hydroxylation is 2. The maximum atomic E-state index is 12.7. The molecule has 0 unspecified atom stereocenters. The van der Waals surface area contributed by atoms with Crippen LogP contribution >= 0.6 is 0 Å². The summed E-state index contributed by atoms with van der Waals surface area (Å²) in [5.74, 6) is -0.418. The van der Waals surface area contributed by atoms with Crippen LogP contribution in [-0.4, -0.2) is 26.1 Å². The van der Waals surface area contributed by atoms with E-state index in [1.165, 1.54) is 6.07 Å². The first-order valence-corrected chi connectivity index (χ1v) is 17.1. The van der Waals surface area contributed by atoms with E-state index in [2.05, 4.69) is 98.2 Å². The molecule has 0 spiro atoms. The maximum Gasteiger partial charge on any atom is 0.294 e. The molecular weight excluding hydrogens is 577 g/mol. The minimum absolute atomic E-state index is 0.0734. The second-order valence-corrected chi connectivity index (χ2v) is 12.9. The summed E-state index contributed by atoms with van der Waals surface area (Å²) in [6.45, 7) is 10.2.